The van der Waals surface area contributed by atoms with Gasteiger partial charge in [-0.25, -0.2) is 0 Å². The number of aliphatic carboxylic acids is 1. The molecule has 0 aliphatic heterocycles. The molecule has 1 fully saturated rings. The van der Waals surface area contributed by atoms with Crippen molar-refractivity contribution in [2.45, 2.75) is 38.5 Å². The second-order valence-electron chi connectivity index (χ2n) is 5.05. The van der Waals surface area contributed by atoms with Gasteiger partial charge in [0.25, 0.3) is 0 Å². The van der Waals surface area contributed by atoms with Gasteiger partial charge in [-0.2, -0.15) is 0 Å². The molecule has 2 nitrogen and oxygen atoms in total. The average molecular weight is 218 g/mol. The molecular formula is C14H18O2. The van der Waals surface area contributed by atoms with Crippen molar-refractivity contribution >= 4 is 5.97 Å². The van der Waals surface area contributed by atoms with Gasteiger partial charge in [-0.15, -0.1) is 0 Å². The van der Waals surface area contributed by atoms with E-state index < -0.39 is 11.4 Å². The molecule has 0 saturated heterocycles. The normalized spacial score (nSPS) is 29.9. The second-order valence-corrected chi connectivity index (χ2v) is 5.05. The van der Waals surface area contributed by atoms with Crippen LogP contribution in [0.15, 0.2) is 30.3 Å². The van der Waals surface area contributed by atoms with Gasteiger partial charge in [-0.1, -0.05) is 30.3 Å². The predicted octanol–water partition coefficient (Wildman–Crippen LogP) is 3.44. The topological polar surface area (TPSA) is 37.3 Å². The summed E-state index contributed by atoms with van der Waals surface area (Å²) in [5.41, 5.74) is 0.862. The van der Waals surface area contributed by atoms with E-state index in [0.717, 1.165) is 25.7 Å². The van der Waals surface area contributed by atoms with Crippen LogP contribution in [0, 0.1) is 5.41 Å². The van der Waals surface area contributed by atoms with E-state index in [4.69, 9.17) is 5.11 Å². The van der Waals surface area contributed by atoms with Crippen LogP contribution in [0.5, 0.6) is 0 Å². The Morgan fingerprint density at radius 1 is 1.25 bits per heavy atom. The average Bonchev–Trinajstić information content (AvgIpc) is 2.31. The van der Waals surface area contributed by atoms with Gasteiger partial charge in [-0.3, -0.25) is 4.79 Å². The van der Waals surface area contributed by atoms with Crippen LogP contribution in [0.2, 0.25) is 0 Å². The number of carboxylic acid groups (broad SMARTS) is 1. The molecule has 0 amide bonds. The molecule has 0 spiro atoms. The molecule has 0 unspecified atom stereocenters. The third-order valence-electron chi connectivity index (χ3n) is 3.88. The van der Waals surface area contributed by atoms with Crippen LogP contribution in [0.4, 0.5) is 0 Å². The van der Waals surface area contributed by atoms with E-state index in [0.29, 0.717) is 5.92 Å². The molecule has 0 radical (unpaired) electrons. The molecule has 1 aliphatic rings. The van der Waals surface area contributed by atoms with Gasteiger partial charge in [0.2, 0.25) is 0 Å². The second kappa shape index (κ2) is 4.28. The van der Waals surface area contributed by atoms with Crippen LogP contribution >= 0.6 is 0 Å². The largest absolute Gasteiger partial charge is 0.481 e. The lowest BCUT2D eigenvalue weighted by atomic mass is 9.70. The Hall–Kier alpha value is -1.31. The highest BCUT2D eigenvalue weighted by atomic mass is 16.4. The Kier molecular flexibility index (Phi) is 2.99. The van der Waals surface area contributed by atoms with Gasteiger partial charge in [0.15, 0.2) is 0 Å². The van der Waals surface area contributed by atoms with Crippen molar-refractivity contribution in [2.75, 3.05) is 0 Å². The maximum atomic E-state index is 11.1. The predicted molar refractivity (Wildman–Crippen MR) is 63.4 cm³/mol. The first-order chi connectivity index (χ1) is 7.62. The zero-order valence-electron chi connectivity index (χ0n) is 9.65. The first-order valence-electron chi connectivity index (χ1n) is 5.90. The molecule has 1 aromatic rings. The quantitative estimate of drug-likeness (QED) is 0.825. The fourth-order valence-corrected chi connectivity index (χ4v) is 2.53. The Morgan fingerprint density at radius 2 is 1.81 bits per heavy atom. The Labute approximate surface area is 96.3 Å². The van der Waals surface area contributed by atoms with Gasteiger partial charge >= 0.3 is 5.97 Å². The van der Waals surface area contributed by atoms with Crippen molar-refractivity contribution in [3.8, 4) is 0 Å². The Morgan fingerprint density at radius 3 is 2.31 bits per heavy atom. The molecule has 0 aromatic heterocycles. The van der Waals surface area contributed by atoms with Crippen LogP contribution in [-0.4, -0.2) is 11.1 Å². The first-order valence-corrected chi connectivity index (χ1v) is 5.90. The van der Waals surface area contributed by atoms with E-state index in [-0.39, 0.29) is 0 Å². The molecule has 16 heavy (non-hydrogen) atoms. The minimum atomic E-state index is -0.640. The summed E-state index contributed by atoms with van der Waals surface area (Å²) in [6.45, 7) is 1.87. The van der Waals surface area contributed by atoms with Crippen LogP contribution in [0.25, 0.3) is 0 Å². The molecule has 0 heterocycles. The van der Waals surface area contributed by atoms with Gasteiger partial charge < -0.3 is 5.11 Å². The lowest BCUT2D eigenvalue weighted by Gasteiger charge is -2.34. The molecule has 0 bridgehead atoms. The van der Waals surface area contributed by atoms with Crippen LogP contribution < -0.4 is 0 Å². The van der Waals surface area contributed by atoms with Gasteiger partial charge in [0, 0.05) is 0 Å². The van der Waals surface area contributed by atoms with E-state index in [9.17, 15) is 4.79 Å². The molecule has 1 aromatic carbocycles. The summed E-state index contributed by atoms with van der Waals surface area (Å²) in [6.07, 6.45) is 3.57. The van der Waals surface area contributed by atoms with Gasteiger partial charge in [0.05, 0.1) is 5.41 Å². The van der Waals surface area contributed by atoms with Crippen molar-refractivity contribution in [1.82, 2.24) is 0 Å². The molecule has 2 rings (SSSR count). The molecular weight excluding hydrogens is 200 g/mol. The van der Waals surface area contributed by atoms with E-state index in [1.54, 1.807) is 0 Å². The van der Waals surface area contributed by atoms with E-state index >= 15 is 0 Å². The summed E-state index contributed by atoms with van der Waals surface area (Å²) in [5.74, 6) is -0.0902. The number of carboxylic acids is 1. The monoisotopic (exact) mass is 218 g/mol. The van der Waals surface area contributed by atoms with Gasteiger partial charge in [0.1, 0.15) is 0 Å². The van der Waals surface area contributed by atoms with Gasteiger partial charge in [-0.05, 0) is 44.1 Å². The minimum absolute atomic E-state index is 0.495. The molecule has 1 N–H and O–H groups in total. The summed E-state index contributed by atoms with van der Waals surface area (Å²) >= 11 is 0. The first kappa shape index (κ1) is 11.2. The fourth-order valence-electron chi connectivity index (χ4n) is 2.53. The zero-order valence-corrected chi connectivity index (χ0v) is 9.65. The summed E-state index contributed by atoms with van der Waals surface area (Å²) in [4.78, 5) is 11.1. The molecule has 1 saturated carbocycles. The third-order valence-corrected chi connectivity index (χ3v) is 3.88. The Bertz CT molecular complexity index is 362. The van der Waals surface area contributed by atoms with Crippen LogP contribution in [0.1, 0.15) is 44.1 Å². The smallest absolute Gasteiger partial charge is 0.309 e. The minimum Gasteiger partial charge on any atom is -0.481 e. The van der Waals surface area contributed by atoms with Crippen LogP contribution in [-0.2, 0) is 4.79 Å². The number of benzene rings is 1. The lowest BCUT2D eigenvalue weighted by Crippen LogP contribution is -2.31. The lowest BCUT2D eigenvalue weighted by molar-refractivity contribution is -0.149. The molecule has 86 valence electrons. The highest BCUT2D eigenvalue weighted by Crippen LogP contribution is 2.42. The summed E-state index contributed by atoms with van der Waals surface area (Å²) in [5, 5.41) is 9.15. The standard InChI is InChI=1S/C14H18O2/c1-14(13(15)16)9-7-12(8-10-14)11-5-3-2-4-6-11/h2-6,12H,7-10H2,1H3,(H,15,16). The number of rotatable bonds is 2. The SMILES string of the molecule is CC1(C(=O)O)CCC(c2ccccc2)CC1. The molecule has 0 atom stereocenters. The van der Waals surface area contributed by atoms with Crippen LogP contribution in [0.3, 0.4) is 0 Å². The Balaban J connectivity index is 2.03. The number of hydrogen-bond acceptors (Lipinski definition) is 1. The van der Waals surface area contributed by atoms with E-state index in [1.165, 1.54) is 5.56 Å². The molecule has 2 heteroatoms. The van der Waals surface area contributed by atoms with E-state index in [2.05, 4.69) is 24.3 Å². The van der Waals surface area contributed by atoms with E-state index in [1.807, 2.05) is 13.0 Å². The fraction of sp³-hybridized carbons (Fsp3) is 0.500. The third kappa shape index (κ3) is 2.11. The highest BCUT2D eigenvalue weighted by Gasteiger charge is 2.37. The maximum Gasteiger partial charge on any atom is 0.309 e. The summed E-state index contributed by atoms with van der Waals surface area (Å²) in [6, 6.07) is 10.4. The number of carbonyl (C=O) groups is 1. The van der Waals surface area contributed by atoms with Crippen molar-refractivity contribution in [3.63, 3.8) is 0 Å². The molecule has 1 aliphatic carbocycles. The summed E-state index contributed by atoms with van der Waals surface area (Å²) < 4.78 is 0. The van der Waals surface area contributed by atoms with Crippen molar-refractivity contribution < 1.29 is 9.90 Å². The maximum absolute atomic E-state index is 11.1. The van der Waals surface area contributed by atoms with Crippen molar-refractivity contribution in [2.24, 2.45) is 5.41 Å². The highest BCUT2D eigenvalue weighted by molar-refractivity contribution is 5.74. The van der Waals surface area contributed by atoms with Crippen molar-refractivity contribution in [1.29, 1.82) is 0 Å². The zero-order chi connectivity index (χ0) is 11.6. The van der Waals surface area contributed by atoms with Crippen molar-refractivity contribution in [3.05, 3.63) is 35.9 Å². The number of hydrogen-bond donors (Lipinski definition) is 1. The summed E-state index contributed by atoms with van der Waals surface area (Å²) in [7, 11) is 0.